The first-order valence-corrected chi connectivity index (χ1v) is 4.78. The van der Waals surface area contributed by atoms with Gasteiger partial charge in [-0.25, -0.2) is 4.98 Å². The summed E-state index contributed by atoms with van der Waals surface area (Å²) in [5, 5.41) is 8.83. The van der Waals surface area contributed by atoms with Crippen molar-refractivity contribution >= 4 is 33.5 Å². The van der Waals surface area contributed by atoms with Crippen LogP contribution in [0.2, 0.25) is 5.15 Å². The van der Waals surface area contributed by atoms with Crippen LogP contribution in [0.1, 0.15) is 12.0 Å². The Hall–Kier alpha value is -0.610. The van der Waals surface area contributed by atoms with Gasteiger partial charge in [0.05, 0.1) is 0 Å². The largest absolute Gasteiger partial charge is 0.481 e. The van der Waals surface area contributed by atoms with Crippen molar-refractivity contribution in [3.63, 3.8) is 0 Å². The van der Waals surface area contributed by atoms with E-state index < -0.39 is 5.97 Å². The van der Waals surface area contributed by atoms with Crippen molar-refractivity contribution in [2.24, 2.45) is 0 Å². The molecule has 0 spiro atoms. The maximum absolute atomic E-state index is 10.3. The number of aryl methyl sites for hydroxylation is 1. The molecule has 0 saturated carbocycles. The Labute approximate surface area is 88.9 Å². The molecule has 0 saturated heterocycles. The third kappa shape index (κ3) is 3.32. The quantitative estimate of drug-likeness (QED) is 0.854. The van der Waals surface area contributed by atoms with Crippen molar-refractivity contribution in [2.75, 3.05) is 0 Å². The average molecular weight is 265 g/mol. The van der Waals surface area contributed by atoms with Crippen molar-refractivity contribution in [3.8, 4) is 0 Å². The first-order valence-electron chi connectivity index (χ1n) is 3.61. The monoisotopic (exact) mass is 263 g/mol. The van der Waals surface area contributed by atoms with Gasteiger partial charge in [0.2, 0.25) is 0 Å². The van der Waals surface area contributed by atoms with E-state index in [-0.39, 0.29) is 6.42 Å². The van der Waals surface area contributed by atoms with Gasteiger partial charge in [-0.1, -0.05) is 11.6 Å². The Morgan fingerprint density at radius 1 is 1.69 bits per heavy atom. The van der Waals surface area contributed by atoms with Crippen molar-refractivity contribution < 1.29 is 9.90 Å². The van der Waals surface area contributed by atoms with Crippen LogP contribution in [0.4, 0.5) is 0 Å². The van der Waals surface area contributed by atoms with Gasteiger partial charge < -0.3 is 5.11 Å². The number of pyridine rings is 1. The summed E-state index contributed by atoms with van der Waals surface area (Å²) in [4.78, 5) is 14.2. The fourth-order valence-corrected chi connectivity index (χ4v) is 1.46. The third-order valence-electron chi connectivity index (χ3n) is 1.49. The standard InChI is InChI=1S/C8H7BrClNO2/c9-6-3-5(1-2-7(12)13)8(10)11-4-6/h3-4H,1-2H2,(H,12,13). The van der Waals surface area contributed by atoms with E-state index in [0.29, 0.717) is 11.6 Å². The Morgan fingerprint density at radius 2 is 2.38 bits per heavy atom. The Morgan fingerprint density at radius 3 is 3.00 bits per heavy atom. The van der Waals surface area contributed by atoms with E-state index in [1.54, 1.807) is 12.3 Å². The smallest absolute Gasteiger partial charge is 0.303 e. The second kappa shape index (κ2) is 4.58. The van der Waals surface area contributed by atoms with Gasteiger partial charge in [0.25, 0.3) is 0 Å². The molecule has 0 bridgehead atoms. The van der Waals surface area contributed by atoms with Gasteiger partial charge in [-0.2, -0.15) is 0 Å². The molecular formula is C8H7BrClNO2. The van der Waals surface area contributed by atoms with Crippen LogP contribution >= 0.6 is 27.5 Å². The van der Waals surface area contributed by atoms with Crippen LogP contribution in [-0.2, 0) is 11.2 Å². The fraction of sp³-hybridized carbons (Fsp3) is 0.250. The molecule has 1 heterocycles. The van der Waals surface area contributed by atoms with Gasteiger partial charge in [0.15, 0.2) is 0 Å². The molecule has 1 aromatic rings. The molecule has 0 unspecified atom stereocenters. The number of hydrogen-bond acceptors (Lipinski definition) is 2. The predicted molar refractivity (Wildman–Crippen MR) is 52.9 cm³/mol. The van der Waals surface area contributed by atoms with Crippen LogP contribution in [0.3, 0.4) is 0 Å². The summed E-state index contributed by atoms with van der Waals surface area (Å²) in [6, 6.07) is 1.78. The van der Waals surface area contributed by atoms with Crippen LogP contribution in [0.5, 0.6) is 0 Å². The molecular weight excluding hydrogens is 257 g/mol. The number of rotatable bonds is 3. The van der Waals surface area contributed by atoms with E-state index in [1.807, 2.05) is 0 Å². The van der Waals surface area contributed by atoms with Gasteiger partial charge in [0, 0.05) is 17.1 Å². The molecule has 0 amide bonds. The molecule has 0 aliphatic heterocycles. The van der Waals surface area contributed by atoms with E-state index in [4.69, 9.17) is 16.7 Å². The maximum atomic E-state index is 10.3. The Kier molecular flexibility index (Phi) is 3.69. The minimum Gasteiger partial charge on any atom is -0.481 e. The van der Waals surface area contributed by atoms with Crippen molar-refractivity contribution in [3.05, 3.63) is 27.5 Å². The SMILES string of the molecule is O=C(O)CCc1cc(Br)cnc1Cl. The lowest BCUT2D eigenvalue weighted by atomic mass is 10.2. The highest BCUT2D eigenvalue weighted by Gasteiger charge is 2.04. The van der Waals surface area contributed by atoms with E-state index in [9.17, 15) is 4.79 Å². The van der Waals surface area contributed by atoms with Gasteiger partial charge in [-0.3, -0.25) is 4.79 Å². The van der Waals surface area contributed by atoms with Gasteiger partial charge in [-0.15, -0.1) is 0 Å². The van der Waals surface area contributed by atoms with E-state index in [1.165, 1.54) is 0 Å². The molecule has 0 fully saturated rings. The summed E-state index contributed by atoms with van der Waals surface area (Å²) in [6.07, 6.45) is 2.05. The summed E-state index contributed by atoms with van der Waals surface area (Å²) in [5.74, 6) is -0.837. The summed E-state index contributed by atoms with van der Waals surface area (Å²) in [7, 11) is 0. The molecule has 3 nitrogen and oxygen atoms in total. The summed E-state index contributed by atoms with van der Waals surface area (Å²) in [5.41, 5.74) is 0.749. The number of hydrogen-bond donors (Lipinski definition) is 1. The lowest BCUT2D eigenvalue weighted by Gasteiger charge is -2.01. The highest BCUT2D eigenvalue weighted by molar-refractivity contribution is 9.10. The maximum Gasteiger partial charge on any atom is 0.303 e. The number of aliphatic carboxylic acids is 1. The zero-order valence-corrected chi connectivity index (χ0v) is 8.97. The number of nitrogens with zero attached hydrogens (tertiary/aromatic N) is 1. The van der Waals surface area contributed by atoms with Crippen LogP contribution < -0.4 is 0 Å². The Bertz CT molecular complexity index is 330. The molecule has 0 aliphatic rings. The lowest BCUT2D eigenvalue weighted by molar-refractivity contribution is -0.136. The van der Waals surface area contributed by atoms with Crippen LogP contribution in [0.25, 0.3) is 0 Å². The molecule has 70 valence electrons. The normalized spacial score (nSPS) is 10.0. The van der Waals surface area contributed by atoms with Gasteiger partial charge in [0.1, 0.15) is 5.15 Å². The van der Waals surface area contributed by atoms with E-state index >= 15 is 0 Å². The number of aromatic nitrogens is 1. The summed E-state index contributed by atoms with van der Waals surface area (Å²) in [6.45, 7) is 0. The van der Waals surface area contributed by atoms with Crippen LogP contribution in [-0.4, -0.2) is 16.1 Å². The lowest BCUT2D eigenvalue weighted by Crippen LogP contribution is -1.98. The van der Waals surface area contributed by atoms with Crippen molar-refractivity contribution in [1.29, 1.82) is 0 Å². The van der Waals surface area contributed by atoms with Crippen LogP contribution in [0.15, 0.2) is 16.7 Å². The second-order valence-electron chi connectivity index (χ2n) is 2.50. The summed E-state index contributed by atoms with van der Waals surface area (Å²) < 4.78 is 0.803. The molecule has 0 aliphatic carbocycles. The number of carboxylic acids is 1. The first kappa shape index (κ1) is 10.5. The number of halogens is 2. The molecule has 0 radical (unpaired) electrons. The zero-order chi connectivity index (χ0) is 9.84. The third-order valence-corrected chi connectivity index (χ3v) is 2.26. The Balaban J connectivity index is 2.75. The van der Waals surface area contributed by atoms with E-state index in [2.05, 4.69) is 20.9 Å². The highest BCUT2D eigenvalue weighted by Crippen LogP contribution is 2.19. The second-order valence-corrected chi connectivity index (χ2v) is 3.77. The highest BCUT2D eigenvalue weighted by atomic mass is 79.9. The van der Waals surface area contributed by atoms with Gasteiger partial charge in [-0.05, 0) is 34.0 Å². The number of carboxylic acid groups (broad SMARTS) is 1. The molecule has 13 heavy (non-hydrogen) atoms. The zero-order valence-electron chi connectivity index (χ0n) is 6.63. The fourth-order valence-electron chi connectivity index (χ4n) is 0.881. The molecule has 5 heteroatoms. The molecule has 1 N–H and O–H groups in total. The molecule has 0 aromatic carbocycles. The number of carbonyl (C=O) groups is 1. The molecule has 1 aromatic heterocycles. The minimum absolute atomic E-state index is 0.0673. The average Bonchev–Trinajstić information content (AvgIpc) is 2.06. The first-order chi connectivity index (χ1) is 6.09. The van der Waals surface area contributed by atoms with Crippen molar-refractivity contribution in [1.82, 2.24) is 4.98 Å². The molecule has 1 rings (SSSR count). The van der Waals surface area contributed by atoms with Crippen molar-refractivity contribution in [2.45, 2.75) is 12.8 Å². The molecule has 0 atom stereocenters. The van der Waals surface area contributed by atoms with Crippen LogP contribution in [0, 0.1) is 0 Å². The summed E-state index contributed by atoms with van der Waals surface area (Å²) >= 11 is 8.99. The van der Waals surface area contributed by atoms with E-state index in [0.717, 1.165) is 10.0 Å². The minimum atomic E-state index is -0.837. The predicted octanol–water partition coefficient (Wildman–Crippen LogP) is 2.51. The topological polar surface area (TPSA) is 50.2 Å². The van der Waals surface area contributed by atoms with Gasteiger partial charge >= 0.3 is 5.97 Å².